The zero-order valence-corrected chi connectivity index (χ0v) is 12.5. The molecule has 0 aliphatic heterocycles. The molecule has 1 fully saturated rings. The Morgan fingerprint density at radius 1 is 1.14 bits per heavy atom. The quantitative estimate of drug-likeness (QED) is 0.457. The molecule has 3 atom stereocenters. The van der Waals surface area contributed by atoms with E-state index in [2.05, 4.69) is 6.58 Å². The van der Waals surface area contributed by atoms with Crippen molar-refractivity contribution in [2.24, 2.45) is 17.8 Å². The highest BCUT2D eigenvalue weighted by molar-refractivity contribution is 5.87. The van der Waals surface area contributed by atoms with E-state index in [9.17, 15) is 14.4 Å². The number of carboxylic acid groups (broad SMARTS) is 1. The molecule has 0 bridgehead atoms. The molecule has 0 saturated heterocycles. The lowest BCUT2D eigenvalue weighted by Gasteiger charge is -2.30. The van der Waals surface area contributed by atoms with Gasteiger partial charge in [-0.1, -0.05) is 13.5 Å². The highest BCUT2D eigenvalue weighted by atomic mass is 16.6. The Morgan fingerprint density at radius 2 is 1.76 bits per heavy atom. The summed E-state index contributed by atoms with van der Waals surface area (Å²) in [6.07, 6.45) is 1.80. The van der Waals surface area contributed by atoms with Crippen molar-refractivity contribution in [3.8, 4) is 0 Å². The number of ether oxygens (including phenoxy) is 2. The summed E-state index contributed by atoms with van der Waals surface area (Å²) >= 11 is 0. The molecule has 6 heteroatoms. The summed E-state index contributed by atoms with van der Waals surface area (Å²) in [4.78, 5) is 34.3. The van der Waals surface area contributed by atoms with Gasteiger partial charge < -0.3 is 14.6 Å². The van der Waals surface area contributed by atoms with E-state index in [0.29, 0.717) is 18.8 Å². The SMILES string of the molecule is C=C(C)C(=O)OCCOC(=O)C1CC(C)CCC1C(=O)O. The van der Waals surface area contributed by atoms with Crippen molar-refractivity contribution < 1.29 is 29.0 Å². The molecule has 0 aromatic rings. The molecule has 0 heterocycles. The fourth-order valence-electron chi connectivity index (χ4n) is 2.44. The minimum absolute atomic E-state index is 0.0581. The van der Waals surface area contributed by atoms with Crippen LogP contribution in [0.2, 0.25) is 0 Å². The van der Waals surface area contributed by atoms with Crippen LogP contribution in [0.3, 0.4) is 0 Å². The molecule has 1 saturated carbocycles. The number of aliphatic carboxylic acids is 1. The molecule has 0 spiro atoms. The van der Waals surface area contributed by atoms with Crippen LogP contribution in [0.4, 0.5) is 0 Å². The highest BCUT2D eigenvalue weighted by Gasteiger charge is 2.39. The van der Waals surface area contributed by atoms with Gasteiger partial charge in [0.05, 0.1) is 11.8 Å². The number of carboxylic acids is 1. The van der Waals surface area contributed by atoms with Crippen LogP contribution >= 0.6 is 0 Å². The van der Waals surface area contributed by atoms with Gasteiger partial charge in [-0.3, -0.25) is 9.59 Å². The van der Waals surface area contributed by atoms with Gasteiger partial charge in [0.15, 0.2) is 0 Å². The van der Waals surface area contributed by atoms with Gasteiger partial charge >= 0.3 is 17.9 Å². The lowest BCUT2D eigenvalue weighted by molar-refractivity contribution is -0.162. The predicted molar refractivity (Wildman–Crippen MR) is 74.4 cm³/mol. The third-order valence-corrected chi connectivity index (χ3v) is 3.64. The van der Waals surface area contributed by atoms with Crippen molar-refractivity contribution in [3.05, 3.63) is 12.2 Å². The summed E-state index contributed by atoms with van der Waals surface area (Å²) in [5.74, 6) is -3.03. The fourth-order valence-corrected chi connectivity index (χ4v) is 2.44. The van der Waals surface area contributed by atoms with E-state index in [1.807, 2.05) is 6.92 Å². The number of carbonyl (C=O) groups is 3. The van der Waals surface area contributed by atoms with Crippen molar-refractivity contribution in [2.75, 3.05) is 13.2 Å². The van der Waals surface area contributed by atoms with E-state index in [0.717, 1.165) is 6.42 Å². The summed E-state index contributed by atoms with van der Waals surface area (Å²) in [5.41, 5.74) is 0.272. The molecule has 0 amide bonds. The van der Waals surface area contributed by atoms with Crippen LogP contribution in [0.5, 0.6) is 0 Å². The normalized spacial score (nSPS) is 25.0. The number of carbonyl (C=O) groups excluding carboxylic acids is 2. The zero-order chi connectivity index (χ0) is 16.0. The average molecular weight is 298 g/mol. The minimum Gasteiger partial charge on any atom is -0.481 e. The third kappa shape index (κ3) is 5.21. The van der Waals surface area contributed by atoms with Gasteiger partial charge in [0.25, 0.3) is 0 Å². The summed E-state index contributed by atoms with van der Waals surface area (Å²) < 4.78 is 9.84. The van der Waals surface area contributed by atoms with Crippen LogP contribution in [0.15, 0.2) is 12.2 Å². The van der Waals surface area contributed by atoms with E-state index in [1.165, 1.54) is 6.92 Å². The maximum atomic E-state index is 12.0. The monoisotopic (exact) mass is 298 g/mol. The Labute approximate surface area is 124 Å². The maximum Gasteiger partial charge on any atom is 0.333 e. The van der Waals surface area contributed by atoms with E-state index in [4.69, 9.17) is 14.6 Å². The molecular weight excluding hydrogens is 276 g/mol. The molecule has 21 heavy (non-hydrogen) atoms. The minimum atomic E-state index is -0.961. The summed E-state index contributed by atoms with van der Waals surface area (Å²) in [5, 5.41) is 9.16. The van der Waals surface area contributed by atoms with Crippen LogP contribution in [-0.4, -0.2) is 36.2 Å². The highest BCUT2D eigenvalue weighted by Crippen LogP contribution is 2.34. The van der Waals surface area contributed by atoms with Gasteiger partial charge in [-0.25, -0.2) is 4.79 Å². The van der Waals surface area contributed by atoms with Gasteiger partial charge in [0, 0.05) is 5.57 Å². The summed E-state index contributed by atoms with van der Waals surface area (Å²) in [6, 6.07) is 0. The average Bonchev–Trinajstić information content (AvgIpc) is 2.42. The lowest BCUT2D eigenvalue weighted by Crippen LogP contribution is -2.36. The van der Waals surface area contributed by atoms with E-state index in [-0.39, 0.29) is 18.8 Å². The Hall–Kier alpha value is -1.85. The molecule has 0 aromatic heterocycles. The van der Waals surface area contributed by atoms with Crippen LogP contribution < -0.4 is 0 Å². The number of hydrogen-bond donors (Lipinski definition) is 1. The second-order valence-corrected chi connectivity index (χ2v) is 5.55. The van der Waals surface area contributed by atoms with Gasteiger partial charge in [-0.15, -0.1) is 0 Å². The standard InChI is InChI=1S/C15H22O6/c1-9(2)14(18)20-6-7-21-15(19)12-8-10(3)4-5-11(12)13(16)17/h10-12H,1,4-8H2,2-3H3,(H,16,17). The molecule has 3 unspecified atom stereocenters. The molecule has 1 rings (SSSR count). The van der Waals surface area contributed by atoms with Crippen molar-refractivity contribution in [1.29, 1.82) is 0 Å². The van der Waals surface area contributed by atoms with Crippen LogP contribution in [0.1, 0.15) is 33.1 Å². The van der Waals surface area contributed by atoms with Crippen LogP contribution in [0, 0.1) is 17.8 Å². The molecule has 1 N–H and O–H groups in total. The largest absolute Gasteiger partial charge is 0.481 e. The molecule has 6 nitrogen and oxygen atoms in total. The Kier molecular flexibility index (Phi) is 6.39. The molecular formula is C15H22O6. The van der Waals surface area contributed by atoms with Gasteiger partial charge in [0.2, 0.25) is 0 Å². The van der Waals surface area contributed by atoms with Crippen molar-refractivity contribution in [3.63, 3.8) is 0 Å². The molecule has 0 aromatic carbocycles. The van der Waals surface area contributed by atoms with Crippen molar-refractivity contribution >= 4 is 17.9 Å². The second kappa shape index (κ2) is 7.81. The molecule has 0 radical (unpaired) electrons. The van der Waals surface area contributed by atoms with Gasteiger partial charge in [0.1, 0.15) is 13.2 Å². The summed E-state index contributed by atoms with van der Waals surface area (Å²) in [6.45, 7) is 6.82. The van der Waals surface area contributed by atoms with E-state index >= 15 is 0 Å². The van der Waals surface area contributed by atoms with Crippen molar-refractivity contribution in [1.82, 2.24) is 0 Å². The van der Waals surface area contributed by atoms with Crippen molar-refractivity contribution in [2.45, 2.75) is 33.1 Å². The molecule has 118 valence electrons. The van der Waals surface area contributed by atoms with E-state index in [1.54, 1.807) is 0 Å². The Balaban J connectivity index is 2.43. The summed E-state index contributed by atoms with van der Waals surface area (Å²) in [7, 11) is 0. The first-order valence-electron chi connectivity index (χ1n) is 7.05. The predicted octanol–water partition coefficient (Wildman–Crippen LogP) is 1.79. The van der Waals surface area contributed by atoms with E-state index < -0.39 is 29.7 Å². The van der Waals surface area contributed by atoms with Crippen LogP contribution in [-0.2, 0) is 23.9 Å². The number of hydrogen-bond acceptors (Lipinski definition) is 5. The smallest absolute Gasteiger partial charge is 0.333 e. The Morgan fingerprint density at radius 3 is 2.33 bits per heavy atom. The van der Waals surface area contributed by atoms with Gasteiger partial charge in [-0.05, 0) is 32.1 Å². The first-order chi connectivity index (χ1) is 9.82. The molecule has 1 aliphatic rings. The Bertz CT molecular complexity index is 428. The number of rotatable bonds is 6. The van der Waals surface area contributed by atoms with Gasteiger partial charge in [-0.2, -0.15) is 0 Å². The zero-order valence-electron chi connectivity index (χ0n) is 12.5. The second-order valence-electron chi connectivity index (χ2n) is 5.55. The lowest BCUT2D eigenvalue weighted by atomic mass is 9.74. The topological polar surface area (TPSA) is 89.9 Å². The first kappa shape index (κ1) is 17.2. The van der Waals surface area contributed by atoms with Crippen LogP contribution in [0.25, 0.3) is 0 Å². The fraction of sp³-hybridized carbons (Fsp3) is 0.667. The maximum absolute atomic E-state index is 12.0. The number of esters is 2. The molecule has 1 aliphatic carbocycles. The first-order valence-corrected chi connectivity index (χ1v) is 7.05. The third-order valence-electron chi connectivity index (χ3n) is 3.64.